The Kier molecular flexibility index (Phi) is 4.81. The summed E-state index contributed by atoms with van der Waals surface area (Å²) in [6.45, 7) is 1.61. The molecule has 0 aromatic heterocycles. The van der Waals surface area contributed by atoms with E-state index in [0.717, 1.165) is 10.5 Å². The van der Waals surface area contributed by atoms with Gasteiger partial charge in [0.05, 0.1) is 11.1 Å². The van der Waals surface area contributed by atoms with E-state index in [4.69, 9.17) is 0 Å². The van der Waals surface area contributed by atoms with Crippen LogP contribution in [0.25, 0.3) is 0 Å². The highest BCUT2D eigenvalue weighted by atomic mass is 16.2. The molecule has 1 unspecified atom stereocenters. The van der Waals surface area contributed by atoms with Crippen molar-refractivity contribution in [3.05, 3.63) is 70.8 Å². The van der Waals surface area contributed by atoms with Crippen molar-refractivity contribution in [1.29, 1.82) is 0 Å². The first-order chi connectivity index (χ1) is 14.7. The van der Waals surface area contributed by atoms with E-state index < -0.39 is 35.2 Å². The number of fused-ring (bicyclic) bond motifs is 1. The Bertz CT molecular complexity index is 1130. The minimum atomic E-state index is -1.16. The van der Waals surface area contributed by atoms with Gasteiger partial charge in [0.15, 0.2) is 0 Å². The van der Waals surface area contributed by atoms with Gasteiger partial charge in [-0.1, -0.05) is 30.3 Å². The summed E-state index contributed by atoms with van der Waals surface area (Å²) in [6, 6.07) is 12.8. The van der Waals surface area contributed by atoms with Crippen LogP contribution in [0.2, 0.25) is 0 Å². The van der Waals surface area contributed by atoms with Crippen molar-refractivity contribution < 1.29 is 24.0 Å². The van der Waals surface area contributed by atoms with Crippen LogP contribution >= 0.6 is 0 Å². The van der Waals surface area contributed by atoms with Crippen molar-refractivity contribution in [1.82, 2.24) is 20.7 Å². The molecule has 2 aromatic rings. The first kappa shape index (κ1) is 20.3. The quantitative estimate of drug-likeness (QED) is 0.562. The molecule has 2 N–H and O–H groups in total. The third kappa shape index (κ3) is 3.43. The van der Waals surface area contributed by atoms with E-state index >= 15 is 0 Å². The fraction of sp³-hybridized carbons (Fsp3) is 0.227. The van der Waals surface area contributed by atoms with Gasteiger partial charge in [-0.3, -0.25) is 29.5 Å². The number of amides is 6. The van der Waals surface area contributed by atoms with Crippen LogP contribution < -0.4 is 10.7 Å². The Balaban J connectivity index is 1.48. The number of hydrogen-bond donors (Lipinski definition) is 2. The second kappa shape index (κ2) is 7.35. The summed E-state index contributed by atoms with van der Waals surface area (Å²) in [5.41, 5.74) is 2.51. The average Bonchev–Trinajstić information content (AvgIpc) is 3.12. The van der Waals surface area contributed by atoms with E-state index in [9.17, 15) is 24.0 Å². The highest BCUT2D eigenvalue weighted by molar-refractivity contribution is 6.22. The molecule has 0 radical (unpaired) electrons. The zero-order chi connectivity index (χ0) is 22.3. The van der Waals surface area contributed by atoms with Crippen LogP contribution in [0.4, 0.5) is 4.79 Å². The first-order valence-corrected chi connectivity index (χ1v) is 9.69. The molecule has 2 aliphatic rings. The van der Waals surface area contributed by atoms with Gasteiger partial charge in [0.25, 0.3) is 23.6 Å². The Morgan fingerprint density at radius 2 is 1.68 bits per heavy atom. The normalized spacial score (nSPS) is 20.2. The first-order valence-electron chi connectivity index (χ1n) is 9.69. The number of hydrazine groups is 1. The fourth-order valence-electron chi connectivity index (χ4n) is 3.66. The molecule has 2 heterocycles. The highest BCUT2D eigenvalue weighted by Gasteiger charge is 2.48. The Morgan fingerprint density at radius 3 is 2.39 bits per heavy atom. The lowest BCUT2D eigenvalue weighted by Crippen LogP contribution is -2.49. The second-order valence-electron chi connectivity index (χ2n) is 7.76. The number of imide groups is 2. The summed E-state index contributed by atoms with van der Waals surface area (Å²) in [5.74, 6) is -2.28. The highest BCUT2D eigenvalue weighted by Crippen LogP contribution is 2.24. The maximum absolute atomic E-state index is 12.9. The number of carbonyl (C=O) groups excluding carboxylic acids is 5. The van der Waals surface area contributed by atoms with Crippen molar-refractivity contribution in [2.75, 3.05) is 7.05 Å². The summed E-state index contributed by atoms with van der Waals surface area (Å²) >= 11 is 0. The third-order valence-corrected chi connectivity index (χ3v) is 5.58. The van der Waals surface area contributed by atoms with Crippen LogP contribution in [0.3, 0.4) is 0 Å². The topological polar surface area (TPSA) is 116 Å². The number of aryl methyl sites for hydroxylation is 1. The average molecular weight is 420 g/mol. The number of hydrogen-bond acceptors (Lipinski definition) is 5. The van der Waals surface area contributed by atoms with Gasteiger partial charge in [0.2, 0.25) is 0 Å². The van der Waals surface area contributed by atoms with E-state index in [0.29, 0.717) is 17.9 Å². The molecule has 0 saturated carbocycles. The predicted octanol–water partition coefficient (Wildman–Crippen LogP) is 1.50. The maximum Gasteiger partial charge on any atom is 0.344 e. The van der Waals surface area contributed by atoms with Gasteiger partial charge in [-0.2, -0.15) is 5.01 Å². The van der Waals surface area contributed by atoms with Crippen LogP contribution in [0.15, 0.2) is 48.5 Å². The van der Waals surface area contributed by atoms with Crippen molar-refractivity contribution in [2.24, 2.45) is 0 Å². The molecule has 9 nitrogen and oxygen atoms in total. The van der Waals surface area contributed by atoms with Gasteiger partial charge >= 0.3 is 6.03 Å². The molecule has 4 rings (SSSR count). The number of carbonyl (C=O) groups is 5. The van der Waals surface area contributed by atoms with E-state index in [-0.39, 0.29) is 16.7 Å². The molecule has 6 amide bonds. The van der Waals surface area contributed by atoms with Crippen LogP contribution in [-0.4, -0.2) is 52.2 Å². The van der Waals surface area contributed by atoms with Gasteiger partial charge in [-0.05, 0) is 43.5 Å². The summed E-state index contributed by atoms with van der Waals surface area (Å²) < 4.78 is 0. The van der Waals surface area contributed by atoms with Gasteiger partial charge in [-0.15, -0.1) is 0 Å². The summed E-state index contributed by atoms with van der Waals surface area (Å²) in [5, 5.41) is 3.29. The number of nitrogens with one attached hydrogen (secondary N) is 2. The monoisotopic (exact) mass is 420 g/mol. The van der Waals surface area contributed by atoms with Gasteiger partial charge in [-0.25, -0.2) is 4.79 Å². The molecule has 158 valence electrons. The SMILES string of the molecule is CN1C(=O)c2ccc(C(=O)NN3C(=O)NC(C)(CCc4ccccc4)C3=O)cc2C1=O. The van der Waals surface area contributed by atoms with Crippen LogP contribution in [0.5, 0.6) is 0 Å². The van der Waals surface area contributed by atoms with E-state index in [1.54, 1.807) is 6.92 Å². The molecular formula is C22H20N4O5. The molecule has 2 aromatic carbocycles. The van der Waals surface area contributed by atoms with E-state index in [1.165, 1.54) is 25.2 Å². The number of urea groups is 1. The molecule has 2 aliphatic heterocycles. The van der Waals surface area contributed by atoms with Crippen LogP contribution in [0.1, 0.15) is 50.0 Å². The molecule has 1 fully saturated rings. The molecular weight excluding hydrogens is 400 g/mol. The zero-order valence-electron chi connectivity index (χ0n) is 17.0. The van der Waals surface area contributed by atoms with Crippen LogP contribution in [0, 0.1) is 0 Å². The van der Waals surface area contributed by atoms with Crippen molar-refractivity contribution in [2.45, 2.75) is 25.3 Å². The second-order valence-corrected chi connectivity index (χ2v) is 7.76. The molecule has 0 bridgehead atoms. The minimum Gasteiger partial charge on any atom is -0.322 e. The Hall–Kier alpha value is -4.01. The Labute approximate surface area is 178 Å². The Morgan fingerprint density at radius 1 is 1.00 bits per heavy atom. The minimum absolute atomic E-state index is 0.0497. The van der Waals surface area contributed by atoms with E-state index in [2.05, 4.69) is 10.7 Å². The molecule has 9 heteroatoms. The summed E-state index contributed by atoms with van der Waals surface area (Å²) in [4.78, 5) is 63.0. The number of benzene rings is 2. The van der Waals surface area contributed by atoms with Gasteiger partial charge in [0, 0.05) is 12.6 Å². The molecule has 0 aliphatic carbocycles. The summed E-state index contributed by atoms with van der Waals surface area (Å²) in [6.07, 6.45) is 0.926. The lowest BCUT2D eigenvalue weighted by Gasteiger charge is -2.21. The zero-order valence-corrected chi connectivity index (χ0v) is 17.0. The van der Waals surface area contributed by atoms with Gasteiger partial charge in [0.1, 0.15) is 5.54 Å². The number of rotatable bonds is 5. The van der Waals surface area contributed by atoms with Gasteiger partial charge < -0.3 is 5.32 Å². The smallest absolute Gasteiger partial charge is 0.322 e. The molecule has 31 heavy (non-hydrogen) atoms. The molecule has 1 saturated heterocycles. The van der Waals surface area contributed by atoms with Crippen molar-refractivity contribution in [3.8, 4) is 0 Å². The standard InChI is InChI=1S/C22H20N4O5/c1-22(11-10-13-6-4-3-5-7-13)20(30)26(21(31)23-22)24-17(27)14-8-9-15-16(12-14)19(29)25(2)18(15)28/h3-9,12H,10-11H2,1-2H3,(H,23,31)(H,24,27). The van der Waals surface area contributed by atoms with Crippen molar-refractivity contribution in [3.63, 3.8) is 0 Å². The lowest BCUT2D eigenvalue weighted by molar-refractivity contribution is -0.132. The molecule has 1 atom stereocenters. The lowest BCUT2D eigenvalue weighted by atomic mass is 9.93. The largest absolute Gasteiger partial charge is 0.344 e. The number of nitrogens with zero attached hydrogens (tertiary/aromatic N) is 2. The summed E-state index contributed by atoms with van der Waals surface area (Å²) in [7, 11) is 1.36. The molecule has 0 spiro atoms. The maximum atomic E-state index is 12.9. The predicted molar refractivity (Wildman–Crippen MR) is 109 cm³/mol. The van der Waals surface area contributed by atoms with Crippen molar-refractivity contribution >= 4 is 29.7 Å². The van der Waals surface area contributed by atoms with E-state index in [1.807, 2.05) is 30.3 Å². The fourth-order valence-corrected chi connectivity index (χ4v) is 3.66. The van der Waals surface area contributed by atoms with Crippen LogP contribution in [-0.2, 0) is 11.2 Å². The third-order valence-electron chi connectivity index (χ3n) is 5.58.